The van der Waals surface area contributed by atoms with Crippen molar-refractivity contribution >= 4 is 23.4 Å². The van der Waals surface area contributed by atoms with Crippen LogP contribution in [0.5, 0.6) is 0 Å². The van der Waals surface area contributed by atoms with Crippen molar-refractivity contribution < 1.29 is 4.79 Å². The zero-order chi connectivity index (χ0) is 21.4. The number of rotatable bonds is 4. The van der Waals surface area contributed by atoms with Gasteiger partial charge in [0, 0.05) is 38.5 Å². The van der Waals surface area contributed by atoms with Crippen molar-refractivity contribution in [1.29, 1.82) is 0 Å². The molecule has 31 heavy (non-hydrogen) atoms. The third-order valence-electron chi connectivity index (χ3n) is 7.32. The molecular weight excluding hydrogens is 388 g/mol. The summed E-state index contributed by atoms with van der Waals surface area (Å²) in [5, 5.41) is 3.37. The number of nitrogens with one attached hydrogen (secondary N) is 1. The van der Waals surface area contributed by atoms with E-state index in [4.69, 9.17) is 4.98 Å². The van der Waals surface area contributed by atoms with Gasteiger partial charge in [-0.15, -0.1) is 0 Å². The van der Waals surface area contributed by atoms with Gasteiger partial charge in [-0.2, -0.15) is 0 Å². The average molecular weight is 421 g/mol. The highest BCUT2D eigenvalue weighted by molar-refractivity contribution is 5.73. The van der Waals surface area contributed by atoms with Gasteiger partial charge in [-0.05, 0) is 56.2 Å². The van der Waals surface area contributed by atoms with Crippen LogP contribution in [-0.4, -0.2) is 51.9 Å². The number of aromatic nitrogens is 3. The van der Waals surface area contributed by atoms with E-state index in [-0.39, 0.29) is 5.91 Å². The fourth-order valence-corrected chi connectivity index (χ4v) is 5.48. The second-order valence-electron chi connectivity index (χ2n) is 9.66. The van der Waals surface area contributed by atoms with Crippen LogP contribution in [0.15, 0.2) is 24.5 Å². The SMILES string of the molecule is CC(=O)N1CCC(c2cc(Nc3cnc(C)cn3)nc(N3CC4(CCCC4)C3)c2)CC1. The molecule has 7 heteroatoms. The lowest BCUT2D eigenvalue weighted by molar-refractivity contribution is -0.129. The van der Waals surface area contributed by atoms with Crippen LogP contribution in [0.25, 0.3) is 0 Å². The number of hydrogen-bond acceptors (Lipinski definition) is 6. The van der Waals surface area contributed by atoms with Crippen LogP contribution in [0.3, 0.4) is 0 Å². The predicted molar refractivity (Wildman–Crippen MR) is 122 cm³/mol. The monoisotopic (exact) mass is 420 g/mol. The van der Waals surface area contributed by atoms with Crippen LogP contribution in [0, 0.1) is 12.3 Å². The quantitative estimate of drug-likeness (QED) is 0.805. The Hall–Kier alpha value is -2.70. The molecule has 1 spiro atoms. The van der Waals surface area contributed by atoms with Gasteiger partial charge in [0.2, 0.25) is 5.91 Å². The molecule has 0 unspecified atom stereocenters. The summed E-state index contributed by atoms with van der Waals surface area (Å²) in [5.41, 5.74) is 2.73. The molecule has 4 heterocycles. The fourth-order valence-electron chi connectivity index (χ4n) is 5.48. The van der Waals surface area contributed by atoms with E-state index < -0.39 is 0 Å². The first-order chi connectivity index (χ1) is 15.0. The molecule has 1 amide bonds. The van der Waals surface area contributed by atoms with Crippen molar-refractivity contribution in [3.05, 3.63) is 35.8 Å². The lowest BCUT2D eigenvalue weighted by Crippen LogP contribution is -2.55. The van der Waals surface area contributed by atoms with Crippen LogP contribution in [-0.2, 0) is 4.79 Å². The molecule has 7 nitrogen and oxygen atoms in total. The number of piperidine rings is 1. The number of nitrogens with zero attached hydrogens (tertiary/aromatic N) is 5. The molecule has 3 aliphatic rings. The Morgan fingerprint density at radius 2 is 1.81 bits per heavy atom. The van der Waals surface area contributed by atoms with Crippen LogP contribution in [0.2, 0.25) is 0 Å². The highest BCUT2D eigenvalue weighted by Crippen LogP contribution is 2.47. The van der Waals surface area contributed by atoms with E-state index in [9.17, 15) is 4.79 Å². The standard InChI is InChI=1S/C24H32N6O/c1-17-13-26-22(14-25-17)27-21-11-20(19-5-9-29(10-6-19)18(2)31)12-23(28-21)30-15-24(16-30)7-3-4-8-24/h11-14,19H,3-10,15-16H2,1-2H3,(H,26,27,28). The number of likely N-dealkylation sites (tertiary alicyclic amines) is 1. The van der Waals surface area contributed by atoms with Crippen molar-refractivity contribution in [2.45, 2.75) is 58.3 Å². The Balaban J connectivity index is 1.38. The van der Waals surface area contributed by atoms with Crippen LogP contribution >= 0.6 is 0 Å². The van der Waals surface area contributed by atoms with Crippen LogP contribution in [0.1, 0.15) is 62.6 Å². The van der Waals surface area contributed by atoms with E-state index in [1.165, 1.54) is 31.2 Å². The van der Waals surface area contributed by atoms with E-state index in [0.29, 0.717) is 17.2 Å². The molecule has 0 aromatic carbocycles. The number of pyridine rings is 1. The van der Waals surface area contributed by atoms with Gasteiger partial charge in [0.05, 0.1) is 18.1 Å². The molecule has 2 aromatic heterocycles. The molecule has 3 fully saturated rings. The normalized spacial score (nSPS) is 20.7. The number of hydrogen-bond donors (Lipinski definition) is 1. The van der Waals surface area contributed by atoms with Crippen molar-refractivity contribution in [1.82, 2.24) is 19.9 Å². The zero-order valence-corrected chi connectivity index (χ0v) is 18.6. The highest BCUT2D eigenvalue weighted by Gasteiger charge is 2.45. The molecule has 2 saturated heterocycles. The van der Waals surface area contributed by atoms with Crippen molar-refractivity contribution in [3.63, 3.8) is 0 Å². The summed E-state index contributed by atoms with van der Waals surface area (Å²) < 4.78 is 0. The lowest BCUT2D eigenvalue weighted by Gasteiger charge is -2.49. The topological polar surface area (TPSA) is 74.2 Å². The Bertz CT molecular complexity index is 937. The van der Waals surface area contributed by atoms with Crippen LogP contribution in [0.4, 0.5) is 17.5 Å². The molecular formula is C24H32N6O. The molecule has 0 bridgehead atoms. The first kappa shape index (κ1) is 20.2. The first-order valence-electron chi connectivity index (χ1n) is 11.6. The Labute approximate surface area is 184 Å². The second kappa shape index (κ2) is 8.09. The largest absolute Gasteiger partial charge is 0.355 e. The fraction of sp³-hybridized carbons (Fsp3) is 0.583. The van der Waals surface area contributed by atoms with Crippen LogP contribution < -0.4 is 10.2 Å². The number of carbonyl (C=O) groups is 1. The maximum Gasteiger partial charge on any atom is 0.219 e. The molecule has 2 aliphatic heterocycles. The summed E-state index contributed by atoms with van der Waals surface area (Å²) >= 11 is 0. The van der Waals surface area contributed by atoms with Gasteiger partial charge >= 0.3 is 0 Å². The van der Waals surface area contributed by atoms with Crippen molar-refractivity contribution in [2.24, 2.45) is 5.41 Å². The molecule has 1 saturated carbocycles. The minimum absolute atomic E-state index is 0.177. The van der Waals surface area contributed by atoms with Gasteiger partial charge in [-0.1, -0.05) is 12.8 Å². The number of amides is 1. The lowest BCUT2D eigenvalue weighted by atomic mass is 9.78. The summed E-state index contributed by atoms with van der Waals surface area (Å²) in [6, 6.07) is 4.44. The van der Waals surface area contributed by atoms with Gasteiger partial charge in [0.15, 0.2) is 0 Å². The molecule has 164 valence electrons. The van der Waals surface area contributed by atoms with E-state index in [1.807, 2.05) is 11.8 Å². The molecule has 0 atom stereocenters. The third-order valence-corrected chi connectivity index (χ3v) is 7.32. The van der Waals surface area contributed by atoms with Crippen molar-refractivity contribution in [2.75, 3.05) is 36.4 Å². The van der Waals surface area contributed by atoms with E-state index in [0.717, 1.165) is 56.4 Å². The predicted octanol–water partition coefficient (Wildman–Crippen LogP) is 4.03. The van der Waals surface area contributed by atoms with Gasteiger partial charge in [0.25, 0.3) is 0 Å². The minimum Gasteiger partial charge on any atom is -0.355 e. The summed E-state index contributed by atoms with van der Waals surface area (Å²) in [6.45, 7) is 7.50. The summed E-state index contributed by atoms with van der Waals surface area (Å²) in [4.78, 5) is 29.8. The zero-order valence-electron chi connectivity index (χ0n) is 18.6. The maximum absolute atomic E-state index is 11.7. The third kappa shape index (κ3) is 4.23. The number of anilines is 3. The van der Waals surface area contributed by atoms with E-state index in [1.54, 1.807) is 19.3 Å². The van der Waals surface area contributed by atoms with Gasteiger partial charge < -0.3 is 15.1 Å². The average Bonchev–Trinajstić information content (AvgIpc) is 3.25. The molecule has 0 radical (unpaired) electrons. The molecule has 1 aliphatic carbocycles. The molecule has 5 rings (SSSR count). The number of carbonyl (C=O) groups excluding carboxylic acids is 1. The first-order valence-corrected chi connectivity index (χ1v) is 11.6. The highest BCUT2D eigenvalue weighted by atomic mass is 16.2. The van der Waals surface area contributed by atoms with Gasteiger partial charge in [0.1, 0.15) is 17.5 Å². The maximum atomic E-state index is 11.7. The smallest absolute Gasteiger partial charge is 0.219 e. The van der Waals surface area contributed by atoms with E-state index >= 15 is 0 Å². The summed E-state index contributed by atoms with van der Waals surface area (Å²) in [6.07, 6.45) is 11.0. The Morgan fingerprint density at radius 1 is 1.06 bits per heavy atom. The van der Waals surface area contributed by atoms with Gasteiger partial charge in [-0.3, -0.25) is 9.78 Å². The van der Waals surface area contributed by atoms with Crippen molar-refractivity contribution in [3.8, 4) is 0 Å². The summed E-state index contributed by atoms with van der Waals surface area (Å²) in [7, 11) is 0. The Kier molecular flexibility index (Phi) is 5.28. The number of aryl methyl sites for hydroxylation is 1. The minimum atomic E-state index is 0.177. The summed E-state index contributed by atoms with van der Waals surface area (Å²) in [5.74, 6) is 3.22. The second-order valence-corrected chi connectivity index (χ2v) is 9.66. The van der Waals surface area contributed by atoms with E-state index in [2.05, 4.69) is 32.3 Å². The van der Waals surface area contributed by atoms with Gasteiger partial charge in [-0.25, -0.2) is 9.97 Å². The molecule has 1 N–H and O–H groups in total. The Morgan fingerprint density at radius 3 is 2.45 bits per heavy atom. The molecule has 2 aromatic rings.